The van der Waals surface area contributed by atoms with Crippen molar-refractivity contribution in [3.05, 3.63) is 48.3 Å². The zero-order valence-electron chi connectivity index (χ0n) is 19.2. The number of benzene rings is 1. The van der Waals surface area contributed by atoms with E-state index in [0.717, 1.165) is 0 Å². The molecule has 0 fully saturated rings. The minimum Gasteiger partial charge on any atom is -0.493 e. The summed E-state index contributed by atoms with van der Waals surface area (Å²) in [5.74, 6) is -1.49. The first-order chi connectivity index (χ1) is 15.8. The van der Waals surface area contributed by atoms with Crippen molar-refractivity contribution in [2.24, 2.45) is 0 Å². The van der Waals surface area contributed by atoms with Gasteiger partial charge in [-0.05, 0) is 26.0 Å². The maximum atomic E-state index is 12.7. The summed E-state index contributed by atoms with van der Waals surface area (Å²) in [5.41, 5.74) is -0.210. The highest BCUT2D eigenvalue weighted by molar-refractivity contribution is 5.98. The number of pyridine rings is 1. The molecule has 0 spiro atoms. The second kappa shape index (κ2) is 12.4. The molecule has 0 bridgehead atoms. The molecule has 2 rings (SSSR count). The van der Waals surface area contributed by atoms with E-state index in [1.165, 1.54) is 40.3 Å². The van der Waals surface area contributed by atoms with Crippen molar-refractivity contribution in [3.63, 3.8) is 0 Å². The maximum Gasteiger partial charge on any atom is 0.328 e. The number of amides is 1. The number of aromatic nitrogens is 1. The molecule has 1 N–H and O–H groups in total. The van der Waals surface area contributed by atoms with Crippen molar-refractivity contribution in [2.45, 2.75) is 39.0 Å². The molecule has 1 heterocycles. The summed E-state index contributed by atoms with van der Waals surface area (Å²) in [6.45, 7) is 4.48. The number of rotatable bonds is 11. The summed E-state index contributed by atoms with van der Waals surface area (Å²) in [5, 5.41) is 2.49. The van der Waals surface area contributed by atoms with E-state index < -0.39 is 36.1 Å². The van der Waals surface area contributed by atoms with E-state index in [1.54, 1.807) is 19.1 Å². The lowest BCUT2D eigenvalue weighted by Gasteiger charge is -2.26. The average Bonchev–Trinajstić information content (AvgIpc) is 2.78. The smallest absolute Gasteiger partial charge is 0.328 e. The van der Waals surface area contributed by atoms with Crippen LogP contribution in [0, 0.1) is 0 Å². The molecule has 0 aliphatic rings. The number of methoxy groups -OCH3 is 2. The molecule has 178 valence electrons. The Balaban J connectivity index is 2.07. The number of ether oxygens (including phenoxy) is 5. The predicted molar refractivity (Wildman–Crippen MR) is 117 cm³/mol. The van der Waals surface area contributed by atoms with Crippen LogP contribution in [0.25, 0.3) is 0 Å². The van der Waals surface area contributed by atoms with Crippen molar-refractivity contribution >= 4 is 17.8 Å². The fourth-order valence-electron chi connectivity index (χ4n) is 2.79. The van der Waals surface area contributed by atoms with Gasteiger partial charge in [-0.25, -0.2) is 9.78 Å². The Morgan fingerprint density at radius 1 is 1.06 bits per heavy atom. The van der Waals surface area contributed by atoms with Crippen LogP contribution in [0.2, 0.25) is 0 Å². The molecule has 0 unspecified atom stereocenters. The molecule has 33 heavy (non-hydrogen) atoms. The van der Waals surface area contributed by atoms with Crippen LogP contribution in [0.4, 0.5) is 0 Å². The quantitative estimate of drug-likeness (QED) is 0.503. The average molecular weight is 460 g/mol. The molecule has 10 heteroatoms. The van der Waals surface area contributed by atoms with E-state index in [9.17, 15) is 14.4 Å². The van der Waals surface area contributed by atoms with Crippen molar-refractivity contribution in [2.75, 3.05) is 20.8 Å². The molecule has 1 aromatic heterocycles. The van der Waals surface area contributed by atoms with Gasteiger partial charge in [-0.2, -0.15) is 0 Å². The molecule has 2 aromatic rings. The number of hydrogen-bond acceptors (Lipinski definition) is 9. The molecule has 0 aliphatic heterocycles. The van der Waals surface area contributed by atoms with Crippen LogP contribution >= 0.6 is 0 Å². The van der Waals surface area contributed by atoms with Gasteiger partial charge in [0.05, 0.1) is 13.7 Å². The summed E-state index contributed by atoms with van der Waals surface area (Å²) >= 11 is 0. The number of nitrogens with zero attached hydrogens (tertiary/aromatic N) is 1. The van der Waals surface area contributed by atoms with Crippen LogP contribution in [0.3, 0.4) is 0 Å². The summed E-state index contributed by atoms with van der Waals surface area (Å²) in [6, 6.07) is 9.48. The second-order valence-electron chi connectivity index (χ2n) is 7.05. The molecule has 1 amide bonds. The number of carbonyl (C=O) groups excluding carboxylic acids is 3. The first kappa shape index (κ1) is 25.6. The summed E-state index contributed by atoms with van der Waals surface area (Å²) in [4.78, 5) is 40.8. The maximum absolute atomic E-state index is 12.7. The van der Waals surface area contributed by atoms with Gasteiger partial charge in [0, 0.05) is 26.3 Å². The zero-order chi connectivity index (χ0) is 24.4. The minimum absolute atomic E-state index is 0.0917. The Bertz CT molecular complexity index is 951. The second-order valence-corrected chi connectivity index (χ2v) is 7.05. The van der Waals surface area contributed by atoms with Gasteiger partial charge in [0.15, 0.2) is 17.5 Å². The van der Waals surface area contributed by atoms with Crippen LogP contribution in [-0.2, 0) is 19.1 Å². The van der Waals surface area contributed by atoms with Crippen molar-refractivity contribution in [1.82, 2.24) is 10.3 Å². The van der Waals surface area contributed by atoms with Crippen molar-refractivity contribution in [3.8, 4) is 17.2 Å². The van der Waals surface area contributed by atoms with Gasteiger partial charge in [0.1, 0.15) is 17.9 Å². The number of hydrogen-bond donors (Lipinski definition) is 1. The number of carbonyl (C=O) groups is 3. The normalized spacial score (nSPS) is 13.2. The Labute approximate surface area is 192 Å². The summed E-state index contributed by atoms with van der Waals surface area (Å²) < 4.78 is 26.7. The van der Waals surface area contributed by atoms with Crippen molar-refractivity contribution in [1.29, 1.82) is 0 Å². The molecule has 3 atom stereocenters. The topological polar surface area (TPSA) is 122 Å². The van der Waals surface area contributed by atoms with Crippen LogP contribution in [0.15, 0.2) is 42.6 Å². The van der Waals surface area contributed by atoms with Crippen LogP contribution in [0.5, 0.6) is 17.2 Å². The monoisotopic (exact) mass is 460 g/mol. The van der Waals surface area contributed by atoms with Gasteiger partial charge >= 0.3 is 11.9 Å². The van der Waals surface area contributed by atoms with Gasteiger partial charge in [0.2, 0.25) is 5.75 Å². The summed E-state index contributed by atoms with van der Waals surface area (Å²) in [7, 11) is 2.84. The van der Waals surface area contributed by atoms with E-state index in [2.05, 4.69) is 10.3 Å². The third-order valence-corrected chi connectivity index (χ3v) is 4.44. The minimum atomic E-state index is -1.04. The summed E-state index contributed by atoms with van der Waals surface area (Å²) in [6.07, 6.45) is 0.0736. The molecule has 0 saturated carbocycles. The number of para-hydroxylation sites is 1. The van der Waals surface area contributed by atoms with Crippen LogP contribution in [-0.4, -0.2) is 61.9 Å². The predicted octanol–water partition coefficient (Wildman–Crippen LogP) is 2.16. The molecular weight excluding hydrogens is 432 g/mol. The van der Waals surface area contributed by atoms with E-state index in [4.69, 9.17) is 23.7 Å². The van der Waals surface area contributed by atoms with Crippen LogP contribution < -0.4 is 19.5 Å². The van der Waals surface area contributed by atoms with Gasteiger partial charge in [-0.3, -0.25) is 9.59 Å². The van der Waals surface area contributed by atoms with Gasteiger partial charge in [-0.15, -0.1) is 0 Å². The lowest BCUT2D eigenvalue weighted by molar-refractivity contribution is -0.158. The third-order valence-electron chi connectivity index (χ3n) is 4.44. The highest BCUT2D eigenvalue weighted by Crippen LogP contribution is 2.29. The van der Waals surface area contributed by atoms with E-state index in [-0.39, 0.29) is 23.8 Å². The largest absolute Gasteiger partial charge is 0.493 e. The zero-order valence-corrected chi connectivity index (χ0v) is 19.2. The first-order valence-corrected chi connectivity index (χ1v) is 10.2. The fourth-order valence-corrected chi connectivity index (χ4v) is 2.79. The molecule has 0 aliphatic carbocycles. The third kappa shape index (κ3) is 7.46. The van der Waals surface area contributed by atoms with Crippen molar-refractivity contribution < 1.29 is 38.1 Å². The Kier molecular flexibility index (Phi) is 9.62. The SMILES string of the molecule is COC[C@@H](OC(=O)[C@H](C)NC(=O)c1nccc(OC)c1OC(C)=O)[C@H](C)Oc1ccccc1. The Morgan fingerprint density at radius 3 is 2.36 bits per heavy atom. The van der Waals surface area contributed by atoms with Gasteiger partial charge in [-0.1, -0.05) is 18.2 Å². The Morgan fingerprint density at radius 2 is 1.76 bits per heavy atom. The lowest BCUT2D eigenvalue weighted by Crippen LogP contribution is -2.44. The number of nitrogens with one attached hydrogen (secondary N) is 1. The first-order valence-electron chi connectivity index (χ1n) is 10.2. The Hall–Kier alpha value is -3.66. The molecule has 0 saturated heterocycles. The highest BCUT2D eigenvalue weighted by atomic mass is 16.6. The fraction of sp³-hybridized carbons (Fsp3) is 0.391. The molecule has 10 nitrogen and oxygen atoms in total. The lowest BCUT2D eigenvalue weighted by atomic mass is 10.2. The standard InChI is InChI=1S/C23H28N2O8/c1-14(25-22(27)20-21(32-16(3)26)18(30-5)11-12-24-20)23(28)33-19(13-29-4)15(2)31-17-9-7-6-8-10-17/h6-12,14-15,19H,13H2,1-5H3,(H,25,27)/t14-,15-,19+/m0/s1. The molecule has 0 radical (unpaired) electrons. The van der Waals surface area contributed by atoms with Crippen LogP contribution in [0.1, 0.15) is 31.3 Å². The molecular formula is C23H28N2O8. The van der Waals surface area contributed by atoms with Gasteiger partial charge < -0.3 is 29.0 Å². The molecule has 1 aromatic carbocycles. The number of esters is 2. The van der Waals surface area contributed by atoms with E-state index in [1.807, 2.05) is 18.2 Å². The van der Waals surface area contributed by atoms with E-state index in [0.29, 0.717) is 5.75 Å². The van der Waals surface area contributed by atoms with Gasteiger partial charge in [0.25, 0.3) is 5.91 Å². The highest BCUT2D eigenvalue weighted by Gasteiger charge is 2.29. The van der Waals surface area contributed by atoms with E-state index >= 15 is 0 Å².